The van der Waals surface area contributed by atoms with Crippen molar-refractivity contribution in [1.82, 2.24) is 19.2 Å². The number of hydrogen-bond donors (Lipinski definition) is 0. The molecule has 0 atom stereocenters. The number of aryl methyl sites for hydroxylation is 1. The van der Waals surface area contributed by atoms with Crippen molar-refractivity contribution in [3.8, 4) is 11.3 Å². The SMILES string of the molecule is CCCc1ncn(Sc2nc(-c3ccccc3)cs2)n1. The zero-order valence-corrected chi connectivity index (χ0v) is 12.7. The minimum absolute atomic E-state index is 0.889. The summed E-state index contributed by atoms with van der Waals surface area (Å²) in [6.07, 6.45) is 3.73. The summed E-state index contributed by atoms with van der Waals surface area (Å²) in [6.45, 7) is 2.13. The summed E-state index contributed by atoms with van der Waals surface area (Å²) in [6, 6.07) is 10.2. The molecule has 0 amide bonds. The molecule has 20 heavy (non-hydrogen) atoms. The van der Waals surface area contributed by atoms with Crippen molar-refractivity contribution < 1.29 is 0 Å². The summed E-state index contributed by atoms with van der Waals surface area (Å²) in [5.41, 5.74) is 2.15. The Hall–Kier alpha value is -1.66. The van der Waals surface area contributed by atoms with Gasteiger partial charge >= 0.3 is 0 Å². The van der Waals surface area contributed by atoms with Gasteiger partial charge in [-0.1, -0.05) is 37.3 Å². The first kappa shape index (κ1) is 13.3. The van der Waals surface area contributed by atoms with Crippen molar-refractivity contribution in [2.75, 3.05) is 0 Å². The summed E-state index contributed by atoms with van der Waals surface area (Å²) in [5, 5.41) is 6.48. The summed E-state index contributed by atoms with van der Waals surface area (Å²) in [5.74, 6) is 0.889. The molecule has 0 spiro atoms. The molecule has 0 radical (unpaired) electrons. The second kappa shape index (κ2) is 6.19. The van der Waals surface area contributed by atoms with Crippen molar-refractivity contribution in [2.45, 2.75) is 24.1 Å². The number of benzene rings is 1. The second-order valence-corrected chi connectivity index (χ2v) is 6.33. The second-order valence-electron chi connectivity index (χ2n) is 4.27. The lowest BCUT2D eigenvalue weighted by molar-refractivity contribution is 0.831. The van der Waals surface area contributed by atoms with Crippen LogP contribution < -0.4 is 0 Å². The van der Waals surface area contributed by atoms with E-state index in [9.17, 15) is 0 Å². The quantitative estimate of drug-likeness (QED) is 0.716. The number of rotatable bonds is 5. The van der Waals surface area contributed by atoms with Crippen molar-refractivity contribution in [3.63, 3.8) is 0 Å². The van der Waals surface area contributed by atoms with Crippen LogP contribution in [-0.4, -0.2) is 19.2 Å². The predicted molar refractivity (Wildman–Crippen MR) is 82.8 cm³/mol. The van der Waals surface area contributed by atoms with E-state index in [-0.39, 0.29) is 0 Å². The molecule has 6 heteroatoms. The van der Waals surface area contributed by atoms with Gasteiger partial charge in [0.15, 0.2) is 10.2 Å². The lowest BCUT2D eigenvalue weighted by atomic mass is 10.2. The van der Waals surface area contributed by atoms with Gasteiger partial charge in [-0.15, -0.1) is 16.4 Å². The van der Waals surface area contributed by atoms with Crippen molar-refractivity contribution in [3.05, 3.63) is 47.9 Å². The molecule has 1 aromatic carbocycles. The lowest BCUT2D eigenvalue weighted by Gasteiger charge is -1.95. The van der Waals surface area contributed by atoms with Crippen LogP contribution >= 0.6 is 23.3 Å². The Morgan fingerprint density at radius 1 is 1.25 bits per heavy atom. The molecular formula is C14H14N4S2. The Balaban J connectivity index is 1.73. The van der Waals surface area contributed by atoms with Gasteiger partial charge in [0.2, 0.25) is 0 Å². The molecule has 0 fully saturated rings. The number of aromatic nitrogens is 4. The summed E-state index contributed by atoms with van der Waals surface area (Å²) < 4.78 is 2.75. The Labute approximate surface area is 126 Å². The maximum Gasteiger partial charge on any atom is 0.173 e. The standard InChI is InChI=1S/C14H14N4S2/c1-2-6-13-15-10-18(17-13)20-14-16-12(9-19-14)11-7-4-3-5-8-11/h3-5,7-10H,2,6H2,1H3. The van der Waals surface area contributed by atoms with Crippen LogP contribution in [0.1, 0.15) is 19.2 Å². The fourth-order valence-electron chi connectivity index (χ4n) is 1.78. The topological polar surface area (TPSA) is 43.6 Å². The van der Waals surface area contributed by atoms with E-state index in [1.54, 1.807) is 21.8 Å². The fourth-order valence-corrected chi connectivity index (χ4v) is 3.41. The first-order chi connectivity index (χ1) is 9.85. The van der Waals surface area contributed by atoms with Gasteiger partial charge < -0.3 is 0 Å². The van der Waals surface area contributed by atoms with Gasteiger partial charge in [-0.3, -0.25) is 0 Å². The highest BCUT2D eigenvalue weighted by Gasteiger charge is 2.07. The van der Waals surface area contributed by atoms with Crippen LogP contribution in [0.5, 0.6) is 0 Å². The van der Waals surface area contributed by atoms with E-state index in [0.717, 1.165) is 34.3 Å². The van der Waals surface area contributed by atoms with Gasteiger partial charge in [0.05, 0.1) is 5.69 Å². The first-order valence-corrected chi connectivity index (χ1v) is 8.10. The number of thiazole rings is 1. The zero-order chi connectivity index (χ0) is 13.8. The zero-order valence-electron chi connectivity index (χ0n) is 11.1. The van der Waals surface area contributed by atoms with Crippen LogP contribution in [-0.2, 0) is 6.42 Å². The molecule has 4 nitrogen and oxygen atoms in total. The van der Waals surface area contributed by atoms with E-state index in [0.29, 0.717) is 0 Å². The molecule has 3 aromatic rings. The summed E-state index contributed by atoms with van der Waals surface area (Å²) >= 11 is 3.13. The van der Waals surface area contributed by atoms with E-state index in [1.165, 1.54) is 11.9 Å². The van der Waals surface area contributed by atoms with Crippen LogP contribution in [0.15, 0.2) is 46.4 Å². The van der Waals surface area contributed by atoms with Gasteiger partial charge in [0.1, 0.15) is 6.33 Å². The Kier molecular flexibility index (Phi) is 4.13. The largest absolute Gasteiger partial charge is 0.228 e. The molecule has 0 bridgehead atoms. The molecule has 0 N–H and O–H groups in total. The third kappa shape index (κ3) is 3.08. The Morgan fingerprint density at radius 2 is 2.10 bits per heavy atom. The fraction of sp³-hybridized carbons (Fsp3) is 0.214. The molecule has 2 heterocycles. The highest BCUT2D eigenvalue weighted by Crippen LogP contribution is 2.28. The maximum absolute atomic E-state index is 4.62. The van der Waals surface area contributed by atoms with Gasteiger partial charge in [0, 0.05) is 29.3 Å². The lowest BCUT2D eigenvalue weighted by Crippen LogP contribution is -1.90. The van der Waals surface area contributed by atoms with E-state index >= 15 is 0 Å². The van der Waals surface area contributed by atoms with E-state index in [2.05, 4.69) is 39.5 Å². The van der Waals surface area contributed by atoms with Crippen molar-refractivity contribution >= 4 is 23.3 Å². The average Bonchev–Trinajstić information content (AvgIpc) is 3.11. The third-order valence-corrected chi connectivity index (χ3v) is 4.47. The smallest absolute Gasteiger partial charge is 0.173 e. The minimum atomic E-state index is 0.889. The Morgan fingerprint density at radius 3 is 2.90 bits per heavy atom. The predicted octanol–water partition coefficient (Wildman–Crippen LogP) is 3.91. The number of nitrogens with zero attached hydrogens (tertiary/aromatic N) is 4. The van der Waals surface area contributed by atoms with Crippen LogP contribution in [0.25, 0.3) is 11.3 Å². The van der Waals surface area contributed by atoms with Gasteiger partial charge in [-0.2, -0.15) is 4.09 Å². The summed E-state index contributed by atoms with van der Waals surface area (Å²) in [7, 11) is 0. The third-order valence-electron chi connectivity index (χ3n) is 2.72. The highest BCUT2D eigenvalue weighted by molar-refractivity contribution is 7.99. The molecule has 0 aliphatic heterocycles. The van der Waals surface area contributed by atoms with Crippen molar-refractivity contribution in [2.24, 2.45) is 0 Å². The average molecular weight is 302 g/mol. The van der Waals surface area contributed by atoms with Gasteiger partial charge in [0.25, 0.3) is 0 Å². The monoisotopic (exact) mass is 302 g/mol. The molecule has 0 aliphatic rings. The molecule has 2 aromatic heterocycles. The van der Waals surface area contributed by atoms with Gasteiger partial charge in [-0.25, -0.2) is 9.97 Å². The molecule has 0 saturated carbocycles. The molecule has 0 aliphatic carbocycles. The normalized spacial score (nSPS) is 10.8. The van der Waals surface area contributed by atoms with Crippen LogP contribution in [0.4, 0.5) is 0 Å². The summed E-state index contributed by atoms with van der Waals surface area (Å²) in [4.78, 5) is 8.90. The minimum Gasteiger partial charge on any atom is -0.228 e. The Bertz CT molecular complexity index is 675. The number of hydrogen-bond acceptors (Lipinski definition) is 5. The van der Waals surface area contributed by atoms with Crippen LogP contribution in [0.2, 0.25) is 0 Å². The van der Waals surface area contributed by atoms with E-state index < -0.39 is 0 Å². The van der Waals surface area contributed by atoms with Crippen molar-refractivity contribution in [1.29, 1.82) is 0 Å². The molecule has 3 rings (SSSR count). The maximum atomic E-state index is 4.62. The van der Waals surface area contributed by atoms with Crippen LogP contribution in [0.3, 0.4) is 0 Å². The van der Waals surface area contributed by atoms with Gasteiger partial charge in [-0.05, 0) is 6.42 Å². The molecule has 0 saturated heterocycles. The molecule has 102 valence electrons. The van der Waals surface area contributed by atoms with E-state index in [1.807, 2.05) is 18.2 Å². The molecule has 0 unspecified atom stereocenters. The molecular weight excluding hydrogens is 288 g/mol. The first-order valence-electron chi connectivity index (χ1n) is 6.45. The van der Waals surface area contributed by atoms with E-state index in [4.69, 9.17) is 0 Å². The highest BCUT2D eigenvalue weighted by atomic mass is 32.2. The van der Waals surface area contributed by atoms with Crippen LogP contribution in [0, 0.1) is 0 Å².